The van der Waals surface area contributed by atoms with Gasteiger partial charge in [-0.3, -0.25) is 9.59 Å². The number of nitrogens with one attached hydrogen (secondary N) is 1. The minimum atomic E-state index is -0.516. The summed E-state index contributed by atoms with van der Waals surface area (Å²) in [6.45, 7) is 4.27. The highest BCUT2D eigenvalue weighted by atomic mass is 35.5. The predicted molar refractivity (Wildman–Crippen MR) is 75.6 cm³/mol. The third-order valence-electron chi connectivity index (χ3n) is 3.16. The van der Waals surface area contributed by atoms with E-state index < -0.39 is 5.91 Å². The molecule has 5 nitrogen and oxygen atoms in total. The van der Waals surface area contributed by atoms with Crippen LogP contribution in [0, 0.1) is 0 Å². The number of carbonyl (C=O) groups excluding carboxylic acids is 2. The molecular weight excluding hydrogens is 266 g/mol. The van der Waals surface area contributed by atoms with Crippen LogP contribution in [-0.4, -0.2) is 42.4 Å². The molecule has 1 aromatic carbocycles. The van der Waals surface area contributed by atoms with E-state index in [1.807, 2.05) is 11.8 Å². The Morgan fingerprint density at radius 3 is 2.68 bits per heavy atom. The Morgan fingerprint density at radius 2 is 2.05 bits per heavy atom. The van der Waals surface area contributed by atoms with E-state index in [4.69, 9.17) is 5.73 Å². The molecule has 1 heterocycles. The number of carbonyl (C=O) groups is 2. The van der Waals surface area contributed by atoms with Crippen LogP contribution in [0.4, 0.5) is 0 Å². The number of halogens is 1. The van der Waals surface area contributed by atoms with E-state index >= 15 is 0 Å². The van der Waals surface area contributed by atoms with Crippen molar-refractivity contribution in [3.8, 4) is 0 Å². The number of hydrogen-bond acceptors (Lipinski definition) is 3. The van der Waals surface area contributed by atoms with E-state index in [0.717, 1.165) is 13.1 Å². The van der Waals surface area contributed by atoms with Gasteiger partial charge < -0.3 is 16.0 Å². The van der Waals surface area contributed by atoms with Crippen molar-refractivity contribution < 1.29 is 9.59 Å². The number of hydrogen-bond donors (Lipinski definition) is 2. The molecule has 3 N–H and O–H groups in total. The van der Waals surface area contributed by atoms with Crippen molar-refractivity contribution >= 4 is 24.2 Å². The maximum Gasteiger partial charge on any atom is 0.254 e. The SMILES string of the molecule is C[C@H]1CNCCN1C(=O)c1cccc(C(N)=O)c1.Cl. The normalized spacial score (nSPS) is 18.6. The fourth-order valence-corrected chi connectivity index (χ4v) is 2.11. The molecule has 1 aliphatic rings. The fourth-order valence-electron chi connectivity index (χ4n) is 2.11. The Labute approximate surface area is 118 Å². The van der Waals surface area contributed by atoms with Gasteiger partial charge in [-0.05, 0) is 25.1 Å². The average molecular weight is 284 g/mol. The minimum absolute atomic E-state index is 0. The van der Waals surface area contributed by atoms with Crippen LogP contribution in [0.15, 0.2) is 24.3 Å². The van der Waals surface area contributed by atoms with E-state index in [1.165, 1.54) is 0 Å². The molecule has 2 rings (SSSR count). The van der Waals surface area contributed by atoms with E-state index in [9.17, 15) is 9.59 Å². The highest BCUT2D eigenvalue weighted by Crippen LogP contribution is 2.12. The number of nitrogens with two attached hydrogens (primary N) is 1. The summed E-state index contributed by atoms with van der Waals surface area (Å²) in [4.78, 5) is 25.3. The lowest BCUT2D eigenvalue weighted by atomic mass is 10.1. The van der Waals surface area contributed by atoms with E-state index in [0.29, 0.717) is 17.7 Å². The molecule has 0 aromatic heterocycles. The highest BCUT2D eigenvalue weighted by molar-refractivity contribution is 5.99. The van der Waals surface area contributed by atoms with Crippen LogP contribution in [0.25, 0.3) is 0 Å². The molecule has 0 bridgehead atoms. The first kappa shape index (κ1) is 15.5. The van der Waals surface area contributed by atoms with Crippen LogP contribution >= 0.6 is 12.4 Å². The number of primary amides is 1. The fraction of sp³-hybridized carbons (Fsp3) is 0.385. The molecule has 6 heteroatoms. The standard InChI is InChI=1S/C13H17N3O2.ClH/c1-9-8-15-5-6-16(9)13(18)11-4-2-3-10(7-11)12(14)17;/h2-4,7,9,15H,5-6,8H2,1H3,(H2,14,17);1H/t9-;/m0./s1. The van der Waals surface area contributed by atoms with Crippen LogP contribution in [0.2, 0.25) is 0 Å². The Bertz CT molecular complexity index is 479. The summed E-state index contributed by atoms with van der Waals surface area (Å²) in [7, 11) is 0. The summed E-state index contributed by atoms with van der Waals surface area (Å²) in [5.41, 5.74) is 6.09. The monoisotopic (exact) mass is 283 g/mol. The molecule has 0 saturated carbocycles. The quantitative estimate of drug-likeness (QED) is 0.836. The Hall–Kier alpha value is -1.59. The van der Waals surface area contributed by atoms with Gasteiger partial charge in [-0.25, -0.2) is 0 Å². The molecule has 1 aliphatic heterocycles. The van der Waals surface area contributed by atoms with Crippen molar-refractivity contribution in [2.45, 2.75) is 13.0 Å². The summed E-state index contributed by atoms with van der Waals surface area (Å²) in [5.74, 6) is -0.565. The lowest BCUT2D eigenvalue weighted by Gasteiger charge is -2.34. The van der Waals surface area contributed by atoms with Gasteiger partial charge in [0, 0.05) is 36.8 Å². The maximum absolute atomic E-state index is 12.3. The number of benzene rings is 1. The lowest BCUT2D eigenvalue weighted by Crippen LogP contribution is -2.52. The first-order valence-corrected chi connectivity index (χ1v) is 6.01. The molecule has 1 atom stereocenters. The molecular formula is C13H18ClN3O2. The summed E-state index contributed by atoms with van der Waals surface area (Å²) < 4.78 is 0. The third-order valence-corrected chi connectivity index (χ3v) is 3.16. The average Bonchev–Trinajstić information content (AvgIpc) is 2.38. The minimum Gasteiger partial charge on any atom is -0.366 e. The van der Waals surface area contributed by atoms with Gasteiger partial charge in [0.05, 0.1) is 0 Å². The van der Waals surface area contributed by atoms with Crippen molar-refractivity contribution in [1.29, 1.82) is 0 Å². The van der Waals surface area contributed by atoms with Gasteiger partial charge >= 0.3 is 0 Å². The van der Waals surface area contributed by atoms with Gasteiger partial charge in [0.15, 0.2) is 0 Å². The molecule has 1 aromatic rings. The number of amides is 2. The van der Waals surface area contributed by atoms with E-state index in [2.05, 4.69) is 5.32 Å². The maximum atomic E-state index is 12.3. The largest absolute Gasteiger partial charge is 0.366 e. The van der Waals surface area contributed by atoms with Gasteiger partial charge in [-0.1, -0.05) is 6.07 Å². The summed E-state index contributed by atoms with van der Waals surface area (Å²) in [6.07, 6.45) is 0. The van der Waals surface area contributed by atoms with Crippen molar-refractivity contribution in [3.05, 3.63) is 35.4 Å². The smallest absolute Gasteiger partial charge is 0.254 e. The molecule has 0 radical (unpaired) electrons. The third kappa shape index (κ3) is 3.45. The first-order valence-electron chi connectivity index (χ1n) is 6.01. The zero-order valence-corrected chi connectivity index (χ0v) is 11.6. The van der Waals surface area contributed by atoms with Crippen molar-refractivity contribution in [1.82, 2.24) is 10.2 Å². The molecule has 0 aliphatic carbocycles. The Kier molecular flexibility index (Phi) is 5.32. The molecule has 1 saturated heterocycles. The van der Waals surface area contributed by atoms with Crippen LogP contribution in [0.1, 0.15) is 27.6 Å². The molecule has 1 fully saturated rings. The first-order chi connectivity index (χ1) is 8.59. The molecule has 19 heavy (non-hydrogen) atoms. The van der Waals surface area contributed by atoms with Crippen LogP contribution in [0.5, 0.6) is 0 Å². The van der Waals surface area contributed by atoms with Gasteiger partial charge in [-0.15, -0.1) is 12.4 Å². The van der Waals surface area contributed by atoms with Crippen molar-refractivity contribution in [2.24, 2.45) is 5.73 Å². The van der Waals surface area contributed by atoms with Gasteiger partial charge in [0.25, 0.3) is 5.91 Å². The second kappa shape index (κ2) is 6.54. The van der Waals surface area contributed by atoms with Gasteiger partial charge in [0.2, 0.25) is 5.91 Å². The molecule has 2 amide bonds. The van der Waals surface area contributed by atoms with Crippen LogP contribution in [0.3, 0.4) is 0 Å². The second-order valence-electron chi connectivity index (χ2n) is 4.50. The molecule has 0 spiro atoms. The summed E-state index contributed by atoms with van der Waals surface area (Å²) in [6, 6.07) is 6.71. The highest BCUT2D eigenvalue weighted by Gasteiger charge is 2.24. The second-order valence-corrected chi connectivity index (χ2v) is 4.50. The summed E-state index contributed by atoms with van der Waals surface area (Å²) >= 11 is 0. The zero-order chi connectivity index (χ0) is 13.1. The van der Waals surface area contributed by atoms with Crippen LogP contribution in [-0.2, 0) is 0 Å². The molecule has 0 unspecified atom stereocenters. The predicted octanol–water partition coefficient (Wildman–Crippen LogP) is 0.641. The lowest BCUT2D eigenvalue weighted by molar-refractivity contribution is 0.0656. The summed E-state index contributed by atoms with van der Waals surface area (Å²) in [5, 5.41) is 3.23. The molecule has 104 valence electrons. The van der Waals surface area contributed by atoms with E-state index in [-0.39, 0.29) is 24.4 Å². The van der Waals surface area contributed by atoms with Crippen LogP contribution < -0.4 is 11.1 Å². The number of rotatable bonds is 2. The topological polar surface area (TPSA) is 75.4 Å². The number of nitrogens with zero attached hydrogens (tertiary/aromatic N) is 1. The van der Waals surface area contributed by atoms with Crippen molar-refractivity contribution in [3.63, 3.8) is 0 Å². The zero-order valence-electron chi connectivity index (χ0n) is 10.8. The Morgan fingerprint density at radius 1 is 1.37 bits per heavy atom. The van der Waals surface area contributed by atoms with Gasteiger partial charge in [0.1, 0.15) is 0 Å². The Balaban J connectivity index is 0.00000180. The van der Waals surface area contributed by atoms with E-state index in [1.54, 1.807) is 24.3 Å². The number of piperazine rings is 1. The van der Waals surface area contributed by atoms with Gasteiger partial charge in [-0.2, -0.15) is 0 Å². The van der Waals surface area contributed by atoms with Crippen molar-refractivity contribution in [2.75, 3.05) is 19.6 Å².